The third kappa shape index (κ3) is 1.76. The molecule has 0 spiro atoms. The van der Waals surface area contributed by atoms with Gasteiger partial charge in [0.15, 0.2) is 5.03 Å². The second kappa shape index (κ2) is 3.77. The van der Waals surface area contributed by atoms with Gasteiger partial charge in [-0.25, -0.2) is 13.4 Å². The van der Waals surface area contributed by atoms with E-state index in [9.17, 15) is 8.42 Å². The smallest absolute Gasteiger partial charge is 0.261 e. The second-order valence-electron chi connectivity index (χ2n) is 2.74. The van der Waals surface area contributed by atoms with Gasteiger partial charge in [0.1, 0.15) is 6.04 Å². The van der Waals surface area contributed by atoms with E-state index in [2.05, 4.69) is 9.97 Å². The Kier molecular flexibility index (Phi) is 2.88. The lowest BCUT2D eigenvalue weighted by atomic mass is 10.4. The molecule has 1 heterocycles. The molecule has 1 aromatic rings. The molecule has 0 saturated carbocycles. The average Bonchev–Trinajstić information content (AvgIpc) is 2.68. The van der Waals surface area contributed by atoms with Gasteiger partial charge < -0.3 is 4.98 Å². The summed E-state index contributed by atoms with van der Waals surface area (Å²) in [6, 6.07) is 1.14. The Hall–Kier alpha value is -1.39. The number of nitrogens with zero attached hydrogens (tertiary/aromatic N) is 3. The highest BCUT2D eigenvalue weighted by molar-refractivity contribution is 7.89. The quantitative estimate of drug-likeness (QED) is 0.763. The maximum Gasteiger partial charge on any atom is 0.261 e. The normalized spacial score (nSPS) is 13.9. The molecule has 14 heavy (non-hydrogen) atoms. The molecule has 1 rings (SSSR count). The van der Waals surface area contributed by atoms with Gasteiger partial charge in [0, 0.05) is 7.05 Å². The van der Waals surface area contributed by atoms with Gasteiger partial charge in [-0.05, 0) is 6.92 Å². The fraction of sp³-hybridized carbons (Fsp3) is 0.429. The van der Waals surface area contributed by atoms with Crippen LogP contribution < -0.4 is 0 Å². The lowest BCUT2D eigenvalue weighted by molar-refractivity contribution is 0.440. The molecular weight excluding hydrogens is 204 g/mol. The molecule has 6 nitrogen and oxygen atoms in total. The SMILES string of the molecule is CC(C#N)N(C)S(=O)(=O)c1cnc[nH]1. The minimum atomic E-state index is -3.61. The van der Waals surface area contributed by atoms with Crippen LogP contribution in [0.1, 0.15) is 6.92 Å². The number of nitrogens with one attached hydrogen (secondary N) is 1. The zero-order valence-electron chi connectivity index (χ0n) is 7.80. The highest BCUT2D eigenvalue weighted by Crippen LogP contribution is 2.12. The first-order chi connectivity index (χ1) is 6.50. The zero-order valence-corrected chi connectivity index (χ0v) is 8.61. The molecule has 0 fully saturated rings. The predicted octanol–water partition coefficient (Wildman–Crippen LogP) is -0.0577. The average molecular weight is 214 g/mol. The van der Waals surface area contributed by atoms with Crippen molar-refractivity contribution in [1.29, 1.82) is 5.26 Å². The van der Waals surface area contributed by atoms with Crippen molar-refractivity contribution in [1.82, 2.24) is 14.3 Å². The molecule has 0 radical (unpaired) electrons. The van der Waals surface area contributed by atoms with Gasteiger partial charge in [-0.3, -0.25) is 0 Å². The molecule has 0 bridgehead atoms. The summed E-state index contributed by atoms with van der Waals surface area (Å²) in [7, 11) is -2.26. The summed E-state index contributed by atoms with van der Waals surface area (Å²) in [6.45, 7) is 1.51. The molecule has 0 saturated heterocycles. The minimum absolute atomic E-state index is 0.0119. The number of aromatic nitrogens is 2. The number of nitriles is 1. The molecule has 0 amide bonds. The third-order valence-corrected chi connectivity index (χ3v) is 3.72. The molecule has 1 N–H and O–H groups in total. The van der Waals surface area contributed by atoms with E-state index in [-0.39, 0.29) is 5.03 Å². The molecular formula is C7H10N4O2S. The number of sulfonamides is 1. The van der Waals surface area contributed by atoms with Crippen LogP contribution in [0.15, 0.2) is 17.6 Å². The monoisotopic (exact) mass is 214 g/mol. The molecule has 1 aromatic heterocycles. The van der Waals surface area contributed by atoms with Crippen LogP contribution in [0, 0.1) is 11.3 Å². The number of aromatic amines is 1. The van der Waals surface area contributed by atoms with Crippen LogP contribution in [-0.4, -0.2) is 35.8 Å². The van der Waals surface area contributed by atoms with Crippen LogP contribution in [0.4, 0.5) is 0 Å². The van der Waals surface area contributed by atoms with E-state index in [4.69, 9.17) is 5.26 Å². The fourth-order valence-electron chi connectivity index (χ4n) is 0.829. The van der Waals surface area contributed by atoms with Crippen LogP contribution in [0.3, 0.4) is 0 Å². The van der Waals surface area contributed by atoms with Gasteiger partial charge in [0.05, 0.1) is 18.6 Å². The van der Waals surface area contributed by atoms with E-state index < -0.39 is 16.1 Å². The van der Waals surface area contributed by atoms with E-state index in [1.165, 1.54) is 26.5 Å². The molecule has 0 aliphatic heterocycles. The van der Waals surface area contributed by atoms with Crippen LogP contribution in [-0.2, 0) is 10.0 Å². The molecule has 0 aliphatic carbocycles. The molecule has 76 valence electrons. The third-order valence-electron chi connectivity index (χ3n) is 1.86. The molecule has 0 aliphatic rings. The van der Waals surface area contributed by atoms with Crippen molar-refractivity contribution >= 4 is 10.0 Å². The zero-order chi connectivity index (χ0) is 10.8. The lowest BCUT2D eigenvalue weighted by Gasteiger charge is -2.17. The standard InChI is InChI=1S/C7H10N4O2S/c1-6(3-8)11(2)14(12,13)7-4-9-5-10-7/h4-6H,1-2H3,(H,9,10). The Balaban J connectivity index is 3.05. The summed E-state index contributed by atoms with van der Waals surface area (Å²) in [6.07, 6.45) is 2.48. The molecule has 7 heteroatoms. The van der Waals surface area contributed by atoms with Crippen molar-refractivity contribution in [2.75, 3.05) is 7.05 Å². The number of imidazole rings is 1. The van der Waals surface area contributed by atoms with Crippen molar-refractivity contribution in [3.63, 3.8) is 0 Å². The highest BCUT2D eigenvalue weighted by Gasteiger charge is 2.26. The first kappa shape index (κ1) is 10.7. The van der Waals surface area contributed by atoms with Crippen LogP contribution in [0.2, 0.25) is 0 Å². The Labute approximate surface area is 82.2 Å². The maximum atomic E-state index is 11.7. The summed E-state index contributed by atoms with van der Waals surface area (Å²) in [4.78, 5) is 6.10. The van der Waals surface area contributed by atoms with E-state index in [0.29, 0.717) is 0 Å². The summed E-state index contributed by atoms with van der Waals surface area (Å²) in [5.41, 5.74) is 0. The van der Waals surface area contributed by atoms with Gasteiger partial charge in [0.2, 0.25) is 0 Å². The summed E-state index contributed by atoms with van der Waals surface area (Å²) in [5, 5.41) is 8.57. The fourth-order valence-corrected chi connectivity index (χ4v) is 2.00. The number of hydrogen-bond acceptors (Lipinski definition) is 4. The predicted molar refractivity (Wildman–Crippen MR) is 48.6 cm³/mol. The van der Waals surface area contributed by atoms with Gasteiger partial charge in [-0.15, -0.1) is 0 Å². The first-order valence-corrected chi connectivity index (χ1v) is 5.30. The number of hydrogen-bond donors (Lipinski definition) is 1. The summed E-state index contributed by atoms with van der Waals surface area (Å²) < 4.78 is 24.4. The van der Waals surface area contributed by atoms with Gasteiger partial charge in [-0.1, -0.05) is 0 Å². The van der Waals surface area contributed by atoms with E-state index in [1.54, 1.807) is 0 Å². The molecule has 1 unspecified atom stereocenters. The van der Waals surface area contributed by atoms with Gasteiger partial charge in [-0.2, -0.15) is 9.57 Å². The number of H-pyrrole nitrogens is 1. The molecule has 1 atom stereocenters. The van der Waals surface area contributed by atoms with Crippen molar-refractivity contribution in [3.05, 3.63) is 12.5 Å². The van der Waals surface area contributed by atoms with Gasteiger partial charge in [0.25, 0.3) is 10.0 Å². The van der Waals surface area contributed by atoms with E-state index in [1.807, 2.05) is 6.07 Å². The summed E-state index contributed by atoms with van der Waals surface area (Å²) in [5.74, 6) is 0. The Morgan fingerprint density at radius 2 is 2.36 bits per heavy atom. The first-order valence-electron chi connectivity index (χ1n) is 3.86. The van der Waals surface area contributed by atoms with Gasteiger partial charge >= 0.3 is 0 Å². The topological polar surface area (TPSA) is 89.8 Å². The maximum absolute atomic E-state index is 11.7. The molecule has 0 aromatic carbocycles. The van der Waals surface area contributed by atoms with Crippen LogP contribution >= 0.6 is 0 Å². The van der Waals surface area contributed by atoms with Crippen LogP contribution in [0.25, 0.3) is 0 Å². The van der Waals surface area contributed by atoms with E-state index >= 15 is 0 Å². The Morgan fingerprint density at radius 1 is 1.71 bits per heavy atom. The number of rotatable bonds is 3. The minimum Gasteiger partial charge on any atom is -0.335 e. The van der Waals surface area contributed by atoms with Crippen molar-refractivity contribution < 1.29 is 8.42 Å². The largest absolute Gasteiger partial charge is 0.335 e. The van der Waals surface area contributed by atoms with Crippen molar-refractivity contribution in [2.24, 2.45) is 0 Å². The van der Waals surface area contributed by atoms with Crippen LogP contribution in [0.5, 0.6) is 0 Å². The highest BCUT2D eigenvalue weighted by atomic mass is 32.2. The van der Waals surface area contributed by atoms with E-state index in [0.717, 1.165) is 4.31 Å². The van der Waals surface area contributed by atoms with Crippen molar-refractivity contribution in [3.8, 4) is 6.07 Å². The Bertz CT molecular complexity index is 431. The Morgan fingerprint density at radius 3 is 2.79 bits per heavy atom. The summed E-state index contributed by atoms with van der Waals surface area (Å²) >= 11 is 0. The van der Waals surface area contributed by atoms with Crippen molar-refractivity contribution in [2.45, 2.75) is 18.0 Å². The lowest BCUT2D eigenvalue weighted by Crippen LogP contribution is -2.34. The second-order valence-corrected chi connectivity index (χ2v) is 4.71.